The van der Waals surface area contributed by atoms with Crippen LogP contribution in [0.3, 0.4) is 0 Å². The van der Waals surface area contributed by atoms with Crippen LogP contribution in [0, 0.1) is 0 Å². The minimum Gasteiger partial charge on any atom is -0.494 e. The van der Waals surface area contributed by atoms with E-state index in [1.807, 2.05) is 30.5 Å². The van der Waals surface area contributed by atoms with E-state index in [1.54, 1.807) is 17.7 Å². The highest BCUT2D eigenvalue weighted by molar-refractivity contribution is 7.17. The van der Waals surface area contributed by atoms with Crippen molar-refractivity contribution in [2.24, 2.45) is 0 Å². The molecule has 1 aromatic carbocycles. The van der Waals surface area contributed by atoms with Gasteiger partial charge < -0.3 is 10.1 Å². The highest BCUT2D eigenvalue weighted by Crippen LogP contribution is 2.24. The van der Waals surface area contributed by atoms with Crippen LogP contribution in [0.15, 0.2) is 42.0 Å². The summed E-state index contributed by atoms with van der Waals surface area (Å²) < 4.78 is 6.63. The summed E-state index contributed by atoms with van der Waals surface area (Å²) in [6, 6.07) is 10.2. The number of anilines is 1. The van der Waals surface area contributed by atoms with Gasteiger partial charge in [-0.2, -0.15) is 0 Å². The number of benzene rings is 1. The van der Waals surface area contributed by atoms with Gasteiger partial charge in [-0.25, -0.2) is 9.97 Å². The second-order valence-corrected chi connectivity index (χ2v) is 5.53. The van der Waals surface area contributed by atoms with Gasteiger partial charge >= 0.3 is 0 Å². The summed E-state index contributed by atoms with van der Waals surface area (Å²) in [7, 11) is 0. The lowest BCUT2D eigenvalue weighted by Crippen LogP contribution is -2.06. The number of nitrogens with one attached hydrogen (secondary N) is 1. The highest BCUT2D eigenvalue weighted by Gasteiger charge is 2.04. The van der Waals surface area contributed by atoms with Crippen LogP contribution < -0.4 is 10.1 Å². The number of ether oxygens (including phenoxy) is 1. The van der Waals surface area contributed by atoms with Crippen LogP contribution in [0.4, 0.5) is 5.82 Å². The zero-order chi connectivity index (χ0) is 14.5. The number of hydrogen-bond acceptors (Lipinski definition) is 5. The third-order valence-corrected chi connectivity index (χ3v) is 4.07. The molecule has 0 saturated heterocycles. The predicted molar refractivity (Wildman–Crippen MR) is 87.2 cm³/mol. The molecule has 0 aliphatic heterocycles. The summed E-state index contributed by atoms with van der Waals surface area (Å²) in [5, 5.41) is 5.43. The van der Waals surface area contributed by atoms with Gasteiger partial charge in [0, 0.05) is 6.54 Å². The van der Waals surface area contributed by atoms with E-state index in [0.717, 1.165) is 34.7 Å². The van der Waals surface area contributed by atoms with E-state index < -0.39 is 0 Å². The van der Waals surface area contributed by atoms with Crippen LogP contribution >= 0.6 is 11.3 Å². The van der Waals surface area contributed by atoms with Crippen molar-refractivity contribution in [2.45, 2.75) is 13.3 Å². The van der Waals surface area contributed by atoms with Crippen molar-refractivity contribution >= 4 is 27.4 Å². The quantitative estimate of drug-likeness (QED) is 0.753. The zero-order valence-electron chi connectivity index (χ0n) is 11.9. The second kappa shape index (κ2) is 6.54. The fourth-order valence-corrected chi connectivity index (χ4v) is 3.01. The molecule has 0 saturated carbocycles. The molecule has 0 atom stereocenters. The molecule has 0 amide bonds. The van der Waals surface area contributed by atoms with Gasteiger partial charge in [-0.3, -0.25) is 0 Å². The Morgan fingerprint density at radius 2 is 2.19 bits per heavy atom. The third kappa shape index (κ3) is 3.31. The molecular weight excluding hydrogens is 282 g/mol. The van der Waals surface area contributed by atoms with E-state index in [2.05, 4.69) is 27.4 Å². The van der Waals surface area contributed by atoms with Gasteiger partial charge in [-0.1, -0.05) is 12.1 Å². The van der Waals surface area contributed by atoms with Crippen LogP contribution in [0.2, 0.25) is 0 Å². The monoisotopic (exact) mass is 299 g/mol. The van der Waals surface area contributed by atoms with Crippen LogP contribution in [0.25, 0.3) is 10.2 Å². The molecule has 2 aromatic heterocycles. The van der Waals surface area contributed by atoms with Crippen molar-refractivity contribution in [1.29, 1.82) is 0 Å². The van der Waals surface area contributed by atoms with Crippen molar-refractivity contribution in [1.82, 2.24) is 9.97 Å². The Bertz CT molecular complexity index is 726. The van der Waals surface area contributed by atoms with Crippen LogP contribution in [0.5, 0.6) is 5.75 Å². The first-order valence-electron chi connectivity index (χ1n) is 7.00. The number of rotatable bonds is 6. The normalized spacial score (nSPS) is 10.7. The van der Waals surface area contributed by atoms with Crippen LogP contribution in [-0.2, 0) is 6.42 Å². The lowest BCUT2D eigenvalue weighted by Gasteiger charge is -2.08. The molecule has 2 heterocycles. The molecule has 0 unspecified atom stereocenters. The first-order valence-corrected chi connectivity index (χ1v) is 7.88. The van der Waals surface area contributed by atoms with Gasteiger partial charge in [-0.05, 0) is 42.5 Å². The fraction of sp³-hybridized carbons (Fsp3) is 0.250. The summed E-state index contributed by atoms with van der Waals surface area (Å²) in [6.45, 7) is 3.52. The molecule has 108 valence electrons. The SMILES string of the molecule is CCOc1cccc(CCNc2ncnc3ccsc23)c1. The smallest absolute Gasteiger partial charge is 0.147 e. The predicted octanol–water partition coefficient (Wildman–Crippen LogP) is 3.74. The van der Waals surface area contributed by atoms with Gasteiger partial charge in [0.05, 0.1) is 16.8 Å². The van der Waals surface area contributed by atoms with E-state index >= 15 is 0 Å². The molecule has 0 radical (unpaired) electrons. The minimum absolute atomic E-state index is 0.693. The average Bonchev–Trinajstić information content (AvgIpc) is 2.97. The van der Waals surface area contributed by atoms with Gasteiger partial charge in [0.15, 0.2) is 0 Å². The number of nitrogens with zero attached hydrogens (tertiary/aromatic N) is 2. The molecule has 3 rings (SSSR count). The lowest BCUT2D eigenvalue weighted by molar-refractivity contribution is 0.340. The van der Waals surface area contributed by atoms with Gasteiger partial charge in [-0.15, -0.1) is 11.3 Å². The molecular formula is C16H17N3OS. The molecule has 3 aromatic rings. The molecule has 0 spiro atoms. The number of hydrogen-bond donors (Lipinski definition) is 1. The average molecular weight is 299 g/mol. The topological polar surface area (TPSA) is 47.0 Å². The Balaban J connectivity index is 1.63. The zero-order valence-corrected chi connectivity index (χ0v) is 12.7. The second-order valence-electron chi connectivity index (χ2n) is 4.61. The number of aromatic nitrogens is 2. The summed E-state index contributed by atoms with van der Waals surface area (Å²) in [5.41, 5.74) is 2.25. The molecule has 21 heavy (non-hydrogen) atoms. The Morgan fingerprint density at radius 1 is 1.24 bits per heavy atom. The van der Waals surface area contributed by atoms with Gasteiger partial charge in [0.1, 0.15) is 17.9 Å². The van der Waals surface area contributed by atoms with Crippen molar-refractivity contribution in [3.05, 3.63) is 47.6 Å². The Morgan fingerprint density at radius 3 is 3.10 bits per heavy atom. The van der Waals surface area contributed by atoms with Crippen LogP contribution in [0.1, 0.15) is 12.5 Å². The molecule has 0 aliphatic rings. The molecule has 5 heteroatoms. The van der Waals surface area contributed by atoms with Crippen molar-refractivity contribution in [3.8, 4) is 5.75 Å². The highest BCUT2D eigenvalue weighted by atomic mass is 32.1. The van der Waals surface area contributed by atoms with E-state index in [0.29, 0.717) is 6.61 Å². The fourth-order valence-electron chi connectivity index (χ4n) is 2.20. The number of thiophene rings is 1. The summed E-state index contributed by atoms with van der Waals surface area (Å²) in [6.07, 6.45) is 2.53. The molecule has 0 aliphatic carbocycles. The Kier molecular flexibility index (Phi) is 4.31. The molecule has 0 bridgehead atoms. The largest absolute Gasteiger partial charge is 0.494 e. The summed E-state index contributed by atoms with van der Waals surface area (Å²) >= 11 is 1.66. The lowest BCUT2D eigenvalue weighted by atomic mass is 10.1. The van der Waals surface area contributed by atoms with Crippen molar-refractivity contribution in [3.63, 3.8) is 0 Å². The first-order chi connectivity index (χ1) is 10.4. The Labute approximate surface area is 127 Å². The standard InChI is InChI=1S/C16H17N3OS/c1-2-20-13-5-3-4-12(10-13)6-8-17-16-15-14(7-9-21-15)18-11-19-16/h3-5,7,9-11H,2,6,8H2,1H3,(H,17,18,19). The molecule has 4 nitrogen and oxygen atoms in total. The van der Waals surface area contributed by atoms with Crippen molar-refractivity contribution in [2.75, 3.05) is 18.5 Å². The maximum atomic E-state index is 5.52. The summed E-state index contributed by atoms with van der Waals surface area (Å²) in [5.74, 6) is 1.84. The van der Waals surface area contributed by atoms with E-state index in [9.17, 15) is 0 Å². The van der Waals surface area contributed by atoms with Crippen LogP contribution in [-0.4, -0.2) is 23.1 Å². The van der Waals surface area contributed by atoms with Gasteiger partial charge in [0.25, 0.3) is 0 Å². The van der Waals surface area contributed by atoms with E-state index in [1.165, 1.54) is 5.56 Å². The Hall–Kier alpha value is -2.14. The van der Waals surface area contributed by atoms with Crippen molar-refractivity contribution < 1.29 is 4.74 Å². The third-order valence-electron chi connectivity index (χ3n) is 3.16. The van der Waals surface area contributed by atoms with E-state index in [4.69, 9.17) is 4.74 Å². The molecule has 1 N–H and O–H groups in total. The summed E-state index contributed by atoms with van der Waals surface area (Å²) in [4.78, 5) is 8.56. The maximum absolute atomic E-state index is 5.52. The van der Waals surface area contributed by atoms with E-state index in [-0.39, 0.29) is 0 Å². The van der Waals surface area contributed by atoms with Gasteiger partial charge in [0.2, 0.25) is 0 Å². The first kappa shape index (κ1) is 13.8. The number of fused-ring (bicyclic) bond motifs is 1. The minimum atomic E-state index is 0.693. The maximum Gasteiger partial charge on any atom is 0.147 e. The molecule has 0 fully saturated rings.